The third-order valence-corrected chi connectivity index (χ3v) is 2.46. The maximum Gasteiger partial charge on any atom is 0.115 e. The van der Waals surface area contributed by atoms with Crippen LogP contribution in [0.25, 0.3) is 0 Å². The van der Waals surface area contributed by atoms with Crippen molar-refractivity contribution < 1.29 is 0 Å². The molecule has 2 heteroatoms. The highest BCUT2D eigenvalue weighted by Crippen LogP contribution is 2.25. The van der Waals surface area contributed by atoms with E-state index in [0.717, 1.165) is 6.42 Å². The molecule has 0 aromatic rings. The molecule has 0 aromatic carbocycles. The van der Waals surface area contributed by atoms with Gasteiger partial charge in [0, 0.05) is 5.54 Å². The van der Waals surface area contributed by atoms with Gasteiger partial charge < -0.3 is 5.73 Å². The van der Waals surface area contributed by atoms with Crippen molar-refractivity contribution in [3.8, 4) is 0 Å². The van der Waals surface area contributed by atoms with E-state index < -0.39 is 0 Å². The van der Waals surface area contributed by atoms with Crippen LogP contribution in [0.2, 0.25) is 12.6 Å². The molecule has 2 unspecified atom stereocenters. The second-order valence-electron chi connectivity index (χ2n) is 3.87. The van der Waals surface area contributed by atoms with Crippen molar-refractivity contribution in [2.75, 3.05) is 0 Å². The average Bonchev–Trinajstić information content (AvgIpc) is 2.03. The molecule has 0 bridgehead atoms. The lowest BCUT2D eigenvalue weighted by atomic mass is 9.63. The molecule has 65 valence electrons. The SMILES string of the molecule is C[B]C(C)C1=CCC(C)(N)C=C1. The molecule has 2 N–H and O–H groups in total. The smallest absolute Gasteiger partial charge is 0.115 e. The average molecular weight is 162 g/mol. The predicted octanol–water partition coefficient (Wildman–Crippen LogP) is 2.15. The zero-order chi connectivity index (χ0) is 9.19. The monoisotopic (exact) mass is 162 g/mol. The van der Waals surface area contributed by atoms with Gasteiger partial charge in [-0.1, -0.05) is 37.5 Å². The first kappa shape index (κ1) is 9.59. The maximum atomic E-state index is 5.94. The van der Waals surface area contributed by atoms with Crippen LogP contribution in [0.3, 0.4) is 0 Å². The molecule has 0 fully saturated rings. The van der Waals surface area contributed by atoms with E-state index in [4.69, 9.17) is 5.73 Å². The molecule has 12 heavy (non-hydrogen) atoms. The van der Waals surface area contributed by atoms with Crippen molar-refractivity contribution in [3.63, 3.8) is 0 Å². The van der Waals surface area contributed by atoms with E-state index in [0.29, 0.717) is 5.82 Å². The summed E-state index contributed by atoms with van der Waals surface area (Å²) < 4.78 is 0. The summed E-state index contributed by atoms with van der Waals surface area (Å²) in [7, 11) is 2.20. The first-order valence-electron chi connectivity index (χ1n) is 4.53. The van der Waals surface area contributed by atoms with Gasteiger partial charge in [-0.25, -0.2) is 0 Å². The molecule has 1 aliphatic carbocycles. The molecule has 0 heterocycles. The van der Waals surface area contributed by atoms with E-state index in [2.05, 4.69) is 46.2 Å². The van der Waals surface area contributed by atoms with Gasteiger partial charge >= 0.3 is 0 Å². The van der Waals surface area contributed by atoms with Crippen LogP contribution in [0.1, 0.15) is 20.3 Å². The Kier molecular flexibility index (Phi) is 2.78. The van der Waals surface area contributed by atoms with Crippen LogP contribution < -0.4 is 5.73 Å². The summed E-state index contributed by atoms with van der Waals surface area (Å²) in [6, 6.07) is 0. The van der Waals surface area contributed by atoms with E-state index in [9.17, 15) is 0 Å². The first-order chi connectivity index (χ1) is 5.55. The van der Waals surface area contributed by atoms with E-state index >= 15 is 0 Å². The Bertz CT molecular complexity index is 216. The summed E-state index contributed by atoms with van der Waals surface area (Å²) in [6.45, 7) is 6.35. The summed E-state index contributed by atoms with van der Waals surface area (Å²) in [5.74, 6) is 0.553. The molecule has 0 aromatic heterocycles. The fourth-order valence-corrected chi connectivity index (χ4v) is 1.29. The summed E-state index contributed by atoms with van der Waals surface area (Å²) in [6.07, 6.45) is 7.44. The van der Waals surface area contributed by atoms with Crippen LogP contribution in [0.5, 0.6) is 0 Å². The largest absolute Gasteiger partial charge is 0.322 e. The second-order valence-corrected chi connectivity index (χ2v) is 3.87. The zero-order valence-corrected chi connectivity index (χ0v) is 8.17. The van der Waals surface area contributed by atoms with Crippen molar-refractivity contribution in [2.24, 2.45) is 5.73 Å². The van der Waals surface area contributed by atoms with E-state index in [1.165, 1.54) is 5.57 Å². The van der Waals surface area contributed by atoms with Gasteiger partial charge in [-0.05, 0) is 19.2 Å². The molecule has 0 saturated heterocycles. The summed E-state index contributed by atoms with van der Waals surface area (Å²) in [4.78, 5) is 0. The van der Waals surface area contributed by atoms with E-state index in [1.54, 1.807) is 0 Å². The highest BCUT2D eigenvalue weighted by molar-refractivity contribution is 6.36. The van der Waals surface area contributed by atoms with Gasteiger partial charge in [-0.3, -0.25) is 0 Å². The van der Waals surface area contributed by atoms with Crippen LogP contribution in [0, 0.1) is 0 Å². The number of nitrogens with two attached hydrogens (primary N) is 1. The molecular formula is C10H17BN. The molecule has 1 aliphatic rings. The number of hydrogen-bond acceptors (Lipinski definition) is 1. The Hall–Kier alpha value is -0.495. The standard InChI is InChI=1S/C10H17BN/c1-8(11-3)9-4-6-10(2,12)7-5-9/h4-6,8H,7,12H2,1-3H3. The summed E-state index contributed by atoms with van der Waals surface area (Å²) in [5.41, 5.74) is 7.20. The van der Waals surface area contributed by atoms with Crippen LogP contribution in [0.4, 0.5) is 0 Å². The number of rotatable bonds is 2. The number of hydrogen-bond donors (Lipinski definition) is 1. The molecule has 0 saturated carbocycles. The lowest BCUT2D eigenvalue weighted by Gasteiger charge is -2.24. The van der Waals surface area contributed by atoms with Crippen molar-refractivity contribution >= 4 is 7.28 Å². The fourth-order valence-electron chi connectivity index (χ4n) is 1.29. The molecular weight excluding hydrogens is 145 g/mol. The summed E-state index contributed by atoms with van der Waals surface area (Å²) >= 11 is 0. The van der Waals surface area contributed by atoms with E-state index in [1.807, 2.05) is 0 Å². The Morgan fingerprint density at radius 1 is 1.67 bits per heavy atom. The molecule has 0 amide bonds. The highest BCUT2D eigenvalue weighted by atomic mass is 14.7. The predicted molar refractivity (Wildman–Crippen MR) is 55.5 cm³/mol. The fraction of sp³-hybridized carbons (Fsp3) is 0.600. The zero-order valence-electron chi connectivity index (χ0n) is 8.17. The first-order valence-corrected chi connectivity index (χ1v) is 4.53. The van der Waals surface area contributed by atoms with Gasteiger partial charge in [0.25, 0.3) is 0 Å². The molecule has 0 aliphatic heterocycles. The van der Waals surface area contributed by atoms with Crippen LogP contribution in [-0.2, 0) is 0 Å². The molecule has 1 radical (unpaired) electrons. The van der Waals surface area contributed by atoms with Gasteiger partial charge in [0.1, 0.15) is 7.28 Å². The minimum atomic E-state index is -0.128. The Labute approximate surface area is 76.0 Å². The molecule has 2 atom stereocenters. The van der Waals surface area contributed by atoms with E-state index in [-0.39, 0.29) is 5.54 Å². The topological polar surface area (TPSA) is 26.0 Å². The lowest BCUT2D eigenvalue weighted by molar-refractivity contribution is 0.585. The summed E-state index contributed by atoms with van der Waals surface area (Å²) in [5, 5.41) is 0. The molecule has 1 rings (SSSR count). The molecule has 1 nitrogen and oxygen atoms in total. The van der Waals surface area contributed by atoms with Crippen molar-refractivity contribution in [2.45, 2.75) is 38.4 Å². The van der Waals surface area contributed by atoms with Gasteiger partial charge in [0.2, 0.25) is 0 Å². The minimum Gasteiger partial charge on any atom is -0.322 e. The van der Waals surface area contributed by atoms with Crippen molar-refractivity contribution in [3.05, 3.63) is 23.8 Å². The van der Waals surface area contributed by atoms with Crippen LogP contribution in [0.15, 0.2) is 23.8 Å². The Morgan fingerprint density at radius 3 is 2.75 bits per heavy atom. The van der Waals surface area contributed by atoms with Gasteiger partial charge in [-0.2, -0.15) is 0 Å². The maximum absolute atomic E-state index is 5.94. The minimum absolute atomic E-state index is 0.128. The second kappa shape index (κ2) is 3.48. The van der Waals surface area contributed by atoms with Crippen LogP contribution >= 0.6 is 0 Å². The van der Waals surface area contributed by atoms with Crippen molar-refractivity contribution in [1.29, 1.82) is 0 Å². The quantitative estimate of drug-likeness (QED) is 0.618. The number of allylic oxidation sites excluding steroid dienone is 2. The Balaban J connectivity index is 2.64. The van der Waals surface area contributed by atoms with Gasteiger partial charge in [0.15, 0.2) is 0 Å². The third kappa shape index (κ3) is 2.24. The van der Waals surface area contributed by atoms with Gasteiger partial charge in [0.05, 0.1) is 0 Å². The highest BCUT2D eigenvalue weighted by Gasteiger charge is 2.17. The lowest BCUT2D eigenvalue weighted by Crippen LogP contribution is -2.34. The van der Waals surface area contributed by atoms with Gasteiger partial charge in [-0.15, -0.1) is 0 Å². The normalized spacial score (nSPS) is 31.2. The Morgan fingerprint density at radius 2 is 2.33 bits per heavy atom. The third-order valence-electron chi connectivity index (χ3n) is 2.46. The van der Waals surface area contributed by atoms with Crippen LogP contribution in [-0.4, -0.2) is 12.8 Å². The molecule has 0 spiro atoms. The van der Waals surface area contributed by atoms with Crippen molar-refractivity contribution in [1.82, 2.24) is 0 Å².